The fourth-order valence-electron chi connectivity index (χ4n) is 6.37. The van der Waals surface area contributed by atoms with E-state index in [-0.39, 0.29) is 29.2 Å². The fraction of sp³-hybridized carbons (Fsp3) is 0.565. The van der Waals surface area contributed by atoms with Gasteiger partial charge in [0.1, 0.15) is 5.69 Å². The Bertz CT molecular complexity index is 1270. The Morgan fingerprint density at radius 1 is 1.09 bits per heavy atom. The second-order valence-electron chi connectivity index (χ2n) is 10.4. The van der Waals surface area contributed by atoms with E-state index in [4.69, 9.17) is 5.73 Å². The van der Waals surface area contributed by atoms with E-state index in [1.54, 1.807) is 9.80 Å². The molecular weight excluding hydrogens is 438 g/mol. The number of nitrogens with zero attached hydrogens (tertiary/aromatic N) is 4. The largest absolute Gasteiger partial charge is 0.369 e. The first-order chi connectivity index (χ1) is 16.2. The van der Waals surface area contributed by atoms with E-state index in [0.29, 0.717) is 62.5 Å². The number of aryl methyl sites for hydroxylation is 1. The van der Waals surface area contributed by atoms with E-state index in [2.05, 4.69) is 20.2 Å². The molecule has 2 aromatic rings. The van der Waals surface area contributed by atoms with Crippen molar-refractivity contribution in [1.82, 2.24) is 30.0 Å². The van der Waals surface area contributed by atoms with Crippen LogP contribution in [0.3, 0.4) is 0 Å². The van der Waals surface area contributed by atoms with Crippen LogP contribution in [0.2, 0.25) is 0 Å². The maximum Gasteiger partial charge on any atom is 0.257 e. The molecule has 0 aromatic carbocycles. The summed E-state index contributed by atoms with van der Waals surface area (Å²) >= 11 is 0. The zero-order chi connectivity index (χ0) is 23.8. The summed E-state index contributed by atoms with van der Waals surface area (Å²) in [6.45, 7) is 3.70. The Morgan fingerprint density at radius 2 is 1.76 bits per heavy atom. The molecule has 2 aromatic heterocycles. The Kier molecular flexibility index (Phi) is 4.34. The molecule has 178 valence electrons. The number of nitrogens with one attached hydrogen (secondary N) is 2. The van der Waals surface area contributed by atoms with Crippen LogP contribution in [0.25, 0.3) is 11.5 Å². The zero-order valence-electron chi connectivity index (χ0n) is 19.0. The summed E-state index contributed by atoms with van der Waals surface area (Å²) in [4.78, 5) is 61.4. The van der Waals surface area contributed by atoms with Gasteiger partial charge in [0, 0.05) is 31.7 Å². The van der Waals surface area contributed by atoms with Gasteiger partial charge in [-0.15, -0.1) is 0 Å². The molecular formula is C23H27N7O4. The fourth-order valence-corrected chi connectivity index (χ4v) is 6.37. The lowest BCUT2D eigenvalue weighted by molar-refractivity contribution is -0.214. The highest BCUT2D eigenvalue weighted by Gasteiger charge is 2.74. The van der Waals surface area contributed by atoms with Gasteiger partial charge in [0.2, 0.25) is 11.8 Å². The lowest BCUT2D eigenvalue weighted by Gasteiger charge is -2.68. The normalized spacial score (nSPS) is 29.3. The van der Waals surface area contributed by atoms with E-state index in [1.807, 2.05) is 6.92 Å². The summed E-state index contributed by atoms with van der Waals surface area (Å²) in [5, 5.41) is 6.86. The van der Waals surface area contributed by atoms with Crippen LogP contribution in [-0.2, 0) is 16.0 Å². The molecule has 4 N–H and O–H groups in total. The van der Waals surface area contributed by atoms with Gasteiger partial charge in [-0.2, -0.15) is 5.10 Å². The Balaban J connectivity index is 1.14. The smallest absolute Gasteiger partial charge is 0.257 e. The van der Waals surface area contributed by atoms with Crippen molar-refractivity contribution in [1.29, 1.82) is 0 Å². The first kappa shape index (κ1) is 21.1. The van der Waals surface area contributed by atoms with Crippen LogP contribution in [-0.4, -0.2) is 73.9 Å². The van der Waals surface area contributed by atoms with Gasteiger partial charge < -0.3 is 20.5 Å². The monoisotopic (exact) mass is 465 g/mol. The molecule has 0 spiro atoms. The van der Waals surface area contributed by atoms with Crippen molar-refractivity contribution in [2.24, 2.45) is 16.6 Å². The number of fused-ring (bicyclic) bond motifs is 1. The van der Waals surface area contributed by atoms with Gasteiger partial charge in [-0.3, -0.25) is 24.3 Å². The number of hydrogen-bond donors (Lipinski definition) is 3. The van der Waals surface area contributed by atoms with E-state index < -0.39 is 10.8 Å². The van der Waals surface area contributed by atoms with Crippen LogP contribution in [0.15, 0.2) is 11.0 Å². The Labute approximate surface area is 195 Å². The summed E-state index contributed by atoms with van der Waals surface area (Å²) in [6.07, 6.45) is 4.74. The highest BCUT2D eigenvalue weighted by molar-refractivity contribution is 5.99. The molecule has 11 heteroatoms. The predicted molar refractivity (Wildman–Crippen MR) is 120 cm³/mol. The van der Waals surface area contributed by atoms with Crippen LogP contribution in [0, 0.1) is 10.8 Å². The van der Waals surface area contributed by atoms with Gasteiger partial charge in [-0.1, -0.05) is 6.92 Å². The van der Waals surface area contributed by atoms with E-state index in [0.717, 1.165) is 24.1 Å². The maximum absolute atomic E-state index is 13.3. The van der Waals surface area contributed by atoms with Gasteiger partial charge in [-0.25, -0.2) is 4.98 Å². The molecule has 4 fully saturated rings. The van der Waals surface area contributed by atoms with Crippen molar-refractivity contribution in [2.75, 3.05) is 26.2 Å². The van der Waals surface area contributed by atoms with Gasteiger partial charge in [0.15, 0.2) is 5.82 Å². The number of H-pyrrole nitrogens is 2. The molecule has 0 unspecified atom stereocenters. The van der Waals surface area contributed by atoms with Crippen LogP contribution >= 0.6 is 0 Å². The topological polar surface area (TPSA) is 158 Å². The molecule has 1 atom stereocenters. The quantitative estimate of drug-likeness (QED) is 0.583. The Morgan fingerprint density at radius 3 is 2.44 bits per heavy atom. The average molecular weight is 466 g/mol. The van der Waals surface area contributed by atoms with Crippen LogP contribution in [0.5, 0.6) is 0 Å². The minimum Gasteiger partial charge on any atom is -0.369 e. The SMILES string of the molecule is C[C@H]1CCc2nc(-c3[nH]ncc3C(=O)N3CCN(C(=O)C45CC(C(N)=O)(C4)C5)CC3)[nH]c(=O)c21. The zero-order valence-corrected chi connectivity index (χ0v) is 19.0. The molecule has 7 rings (SSSR count). The first-order valence-electron chi connectivity index (χ1n) is 11.8. The van der Waals surface area contributed by atoms with Gasteiger partial charge in [0.05, 0.1) is 28.3 Å². The van der Waals surface area contributed by atoms with Crippen molar-refractivity contribution in [3.8, 4) is 11.5 Å². The highest BCUT2D eigenvalue weighted by atomic mass is 16.2. The van der Waals surface area contributed by atoms with Crippen LogP contribution in [0.1, 0.15) is 60.1 Å². The standard InChI is InChI=1S/C23H27N7O4/c1-12-2-3-14-15(12)18(31)27-17(26-14)16-13(8-25-28-16)19(32)29-4-6-30(7-5-29)21(34)23-9-22(10-23,11-23)20(24)33/h8,12H,2-7,9-11H2,1H3,(H2,24,33)(H,25,28)(H,26,27,31)/t12-,22?,23?/m0/s1. The molecule has 5 aliphatic rings. The number of amides is 3. The predicted octanol–water partition coefficient (Wildman–Crippen LogP) is 0.150. The number of carbonyl (C=O) groups excluding carboxylic acids is 3. The Hall–Kier alpha value is -3.50. The maximum atomic E-state index is 13.3. The molecule has 1 saturated heterocycles. The van der Waals surface area contributed by atoms with Crippen molar-refractivity contribution in [3.05, 3.63) is 33.4 Å². The van der Waals surface area contributed by atoms with Gasteiger partial charge in [-0.05, 0) is 38.0 Å². The number of carbonyl (C=O) groups is 3. The van der Waals surface area contributed by atoms with Crippen molar-refractivity contribution >= 4 is 17.7 Å². The molecule has 4 aliphatic carbocycles. The lowest BCUT2D eigenvalue weighted by Crippen LogP contribution is -2.72. The number of piperazine rings is 1. The summed E-state index contributed by atoms with van der Waals surface area (Å²) in [5.41, 5.74) is 6.64. The highest BCUT2D eigenvalue weighted by Crippen LogP contribution is 2.73. The number of primary amides is 1. The number of rotatable bonds is 4. The molecule has 0 radical (unpaired) electrons. The van der Waals surface area contributed by atoms with Gasteiger partial charge >= 0.3 is 0 Å². The second-order valence-corrected chi connectivity index (χ2v) is 10.4. The summed E-state index contributed by atoms with van der Waals surface area (Å²) in [7, 11) is 0. The van der Waals surface area contributed by atoms with E-state index >= 15 is 0 Å². The van der Waals surface area contributed by atoms with Crippen LogP contribution < -0.4 is 11.3 Å². The molecule has 3 saturated carbocycles. The molecule has 2 bridgehead atoms. The third-order valence-corrected chi connectivity index (χ3v) is 8.31. The molecule has 1 aliphatic heterocycles. The molecule has 34 heavy (non-hydrogen) atoms. The number of aromatic nitrogens is 4. The molecule has 3 heterocycles. The second kappa shape index (κ2) is 7.00. The molecule has 3 amide bonds. The summed E-state index contributed by atoms with van der Waals surface area (Å²) in [6, 6.07) is 0. The minimum absolute atomic E-state index is 0.0702. The van der Waals surface area contributed by atoms with Crippen LogP contribution in [0.4, 0.5) is 0 Å². The minimum atomic E-state index is -0.463. The lowest BCUT2D eigenvalue weighted by atomic mass is 9.34. The van der Waals surface area contributed by atoms with E-state index in [9.17, 15) is 19.2 Å². The number of nitrogens with two attached hydrogens (primary N) is 1. The first-order valence-corrected chi connectivity index (χ1v) is 11.8. The van der Waals surface area contributed by atoms with Crippen molar-refractivity contribution in [2.45, 2.75) is 44.9 Å². The average Bonchev–Trinajstić information content (AvgIpc) is 3.38. The molecule has 11 nitrogen and oxygen atoms in total. The van der Waals surface area contributed by atoms with Gasteiger partial charge in [0.25, 0.3) is 11.5 Å². The third-order valence-electron chi connectivity index (χ3n) is 8.31. The third kappa shape index (κ3) is 2.82. The summed E-state index contributed by atoms with van der Waals surface area (Å²) in [5.74, 6) is 0.0435. The van der Waals surface area contributed by atoms with E-state index in [1.165, 1.54) is 6.20 Å². The van der Waals surface area contributed by atoms with Crippen molar-refractivity contribution in [3.63, 3.8) is 0 Å². The van der Waals surface area contributed by atoms with Crippen molar-refractivity contribution < 1.29 is 14.4 Å². The number of aromatic amines is 2. The summed E-state index contributed by atoms with van der Waals surface area (Å²) < 4.78 is 0. The number of hydrogen-bond acceptors (Lipinski definition) is 6.